The fourth-order valence-electron chi connectivity index (χ4n) is 2.22. The quantitative estimate of drug-likeness (QED) is 0.427. The minimum atomic E-state index is 0.110. The smallest absolute Gasteiger partial charge is 0.184 e. The number of nitrogens with two attached hydrogens (primary N) is 1. The molecule has 1 heterocycles. The molecule has 23 heavy (non-hydrogen) atoms. The van der Waals surface area contributed by atoms with Gasteiger partial charge < -0.3 is 19.9 Å². The molecule has 0 bridgehead atoms. The van der Waals surface area contributed by atoms with Crippen LogP contribution in [0.3, 0.4) is 0 Å². The van der Waals surface area contributed by atoms with Crippen molar-refractivity contribution >= 4 is 23.5 Å². The van der Waals surface area contributed by atoms with Gasteiger partial charge in [0, 0.05) is 25.2 Å². The van der Waals surface area contributed by atoms with E-state index in [2.05, 4.69) is 15.4 Å². The molecule has 1 aliphatic rings. The number of hydrogen-bond donors (Lipinski definition) is 2. The number of morpholine rings is 1. The highest BCUT2D eigenvalue weighted by molar-refractivity contribution is 7.80. The number of hydrogen-bond acceptors (Lipinski definition) is 6. The summed E-state index contributed by atoms with van der Waals surface area (Å²) in [6, 6.07) is 5.61. The molecule has 0 radical (unpaired) electrons. The molecule has 0 amide bonds. The third-order valence-corrected chi connectivity index (χ3v) is 3.46. The van der Waals surface area contributed by atoms with Crippen molar-refractivity contribution in [2.75, 3.05) is 46.6 Å². The van der Waals surface area contributed by atoms with Crippen LogP contribution in [0.1, 0.15) is 5.56 Å². The summed E-state index contributed by atoms with van der Waals surface area (Å²) < 4.78 is 16.6. The zero-order chi connectivity index (χ0) is 16.5. The number of para-hydroxylation sites is 1. The van der Waals surface area contributed by atoms with E-state index in [1.165, 1.54) is 0 Å². The molecule has 0 unspecified atom stereocenters. The lowest BCUT2D eigenvalue weighted by molar-refractivity contribution is 0.0321. The molecule has 0 aliphatic carbocycles. The van der Waals surface area contributed by atoms with Crippen LogP contribution < -0.4 is 20.6 Å². The molecule has 1 aromatic carbocycles. The fourth-order valence-corrected chi connectivity index (χ4v) is 2.27. The van der Waals surface area contributed by atoms with Gasteiger partial charge in [-0.15, -0.1) is 0 Å². The minimum Gasteiger partial charge on any atom is -0.493 e. The van der Waals surface area contributed by atoms with Crippen LogP contribution in [0.4, 0.5) is 0 Å². The number of ether oxygens (including phenoxy) is 3. The average molecular weight is 338 g/mol. The van der Waals surface area contributed by atoms with Crippen LogP contribution in [0.5, 0.6) is 11.5 Å². The number of methoxy groups -OCH3 is 1. The molecule has 7 nitrogen and oxygen atoms in total. The summed E-state index contributed by atoms with van der Waals surface area (Å²) in [5, 5.41) is 4.08. The number of nitrogens with zero attached hydrogens (tertiary/aromatic N) is 2. The van der Waals surface area contributed by atoms with Crippen LogP contribution in [-0.4, -0.2) is 62.8 Å². The van der Waals surface area contributed by atoms with Gasteiger partial charge in [-0.05, 0) is 24.4 Å². The Kier molecular flexibility index (Phi) is 7.05. The van der Waals surface area contributed by atoms with Crippen molar-refractivity contribution < 1.29 is 14.2 Å². The van der Waals surface area contributed by atoms with Crippen LogP contribution in [0.25, 0.3) is 0 Å². The Morgan fingerprint density at radius 2 is 2.26 bits per heavy atom. The predicted octanol–water partition coefficient (Wildman–Crippen LogP) is 0.573. The number of rotatable bonds is 7. The summed E-state index contributed by atoms with van der Waals surface area (Å²) in [5.74, 6) is 1.31. The molecule has 0 aromatic heterocycles. The van der Waals surface area contributed by atoms with Crippen LogP contribution in [0.15, 0.2) is 23.3 Å². The third-order valence-electron chi connectivity index (χ3n) is 3.37. The molecule has 1 fully saturated rings. The molecule has 1 aromatic rings. The molecular weight excluding hydrogens is 316 g/mol. The topological polar surface area (TPSA) is 81.3 Å². The van der Waals surface area contributed by atoms with Gasteiger partial charge in [0.1, 0.15) is 6.61 Å². The first-order valence-electron chi connectivity index (χ1n) is 7.39. The minimum absolute atomic E-state index is 0.110. The summed E-state index contributed by atoms with van der Waals surface area (Å²) in [5.41, 5.74) is 8.66. The first-order chi connectivity index (χ1) is 11.2. The van der Waals surface area contributed by atoms with Crippen molar-refractivity contribution in [2.45, 2.75) is 0 Å². The van der Waals surface area contributed by atoms with Gasteiger partial charge in [-0.1, -0.05) is 6.07 Å². The predicted molar refractivity (Wildman–Crippen MR) is 93.3 cm³/mol. The first kappa shape index (κ1) is 17.5. The van der Waals surface area contributed by atoms with E-state index < -0.39 is 0 Å². The molecule has 1 aliphatic heterocycles. The monoisotopic (exact) mass is 338 g/mol. The first-order valence-corrected chi connectivity index (χ1v) is 7.80. The average Bonchev–Trinajstić information content (AvgIpc) is 2.56. The lowest BCUT2D eigenvalue weighted by atomic mass is 10.2. The van der Waals surface area contributed by atoms with Crippen LogP contribution in [0, 0.1) is 0 Å². The maximum atomic E-state index is 5.93. The second-order valence-electron chi connectivity index (χ2n) is 4.92. The molecule has 8 heteroatoms. The second kappa shape index (κ2) is 9.29. The van der Waals surface area contributed by atoms with Gasteiger partial charge in [0.05, 0.1) is 26.5 Å². The molecule has 126 valence electrons. The Morgan fingerprint density at radius 3 is 2.96 bits per heavy atom. The Bertz CT molecular complexity index is 548. The van der Waals surface area contributed by atoms with Crippen LogP contribution >= 0.6 is 12.2 Å². The summed E-state index contributed by atoms with van der Waals surface area (Å²) in [6.45, 7) is 4.81. The van der Waals surface area contributed by atoms with E-state index in [1.54, 1.807) is 13.3 Å². The SMILES string of the molecule is COc1cccc(C=NNC(N)=S)c1OCCN1CCOCC1. The van der Waals surface area contributed by atoms with Crippen LogP contribution in [0.2, 0.25) is 0 Å². The van der Waals surface area contributed by atoms with Gasteiger partial charge >= 0.3 is 0 Å². The van der Waals surface area contributed by atoms with E-state index in [1.807, 2.05) is 18.2 Å². The zero-order valence-corrected chi connectivity index (χ0v) is 14.0. The Labute approximate surface area is 141 Å². The summed E-state index contributed by atoms with van der Waals surface area (Å²) in [6.07, 6.45) is 1.60. The van der Waals surface area contributed by atoms with Crippen molar-refractivity contribution in [3.8, 4) is 11.5 Å². The number of hydrazone groups is 1. The number of thiocarbonyl (C=S) groups is 1. The van der Waals surface area contributed by atoms with Crippen molar-refractivity contribution in [1.82, 2.24) is 10.3 Å². The molecule has 0 atom stereocenters. The molecule has 3 N–H and O–H groups in total. The number of nitrogens with one attached hydrogen (secondary N) is 1. The maximum absolute atomic E-state index is 5.93. The van der Waals surface area contributed by atoms with E-state index in [4.69, 9.17) is 32.2 Å². The second-order valence-corrected chi connectivity index (χ2v) is 5.36. The highest BCUT2D eigenvalue weighted by Crippen LogP contribution is 2.30. The van der Waals surface area contributed by atoms with Gasteiger partial charge in [-0.25, -0.2) is 0 Å². The molecular formula is C15H22N4O3S. The van der Waals surface area contributed by atoms with Gasteiger partial charge in [-0.2, -0.15) is 5.10 Å². The summed E-state index contributed by atoms with van der Waals surface area (Å²) in [4.78, 5) is 2.31. The van der Waals surface area contributed by atoms with E-state index in [-0.39, 0.29) is 5.11 Å². The van der Waals surface area contributed by atoms with Crippen LogP contribution in [-0.2, 0) is 4.74 Å². The van der Waals surface area contributed by atoms with Gasteiger partial charge in [-0.3, -0.25) is 10.3 Å². The highest BCUT2D eigenvalue weighted by atomic mass is 32.1. The molecule has 1 saturated heterocycles. The molecule has 0 saturated carbocycles. The Hall–Kier alpha value is -1.90. The van der Waals surface area contributed by atoms with Gasteiger partial charge in [0.2, 0.25) is 0 Å². The third kappa shape index (κ3) is 5.66. The van der Waals surface area contributed by atoms with E-state index >= 15 is 0 Å². The number of benzene rings is 1. The Balaban J connectivity index is 1.99. The van der Waals surface area contributed by atoms with Crippen molar-refractivity contribution in [1.29, 1.82) is 0 Å². The fraction of sp³-hybridized carbons (Fsp3) is 0.467. The van der Waals surface area contributed by atoms with Crippen molar-refractivity contribution in [2.24, 2.45) is 10.8 Å². The van der Waals surface area contributed by atoms with Gasteiger partial charge in [0.25, 0.3) is 0 Å². The van der Waals surface area contributed by atoms with Gasteiger partial charge in [0.15, 0.2) is 16.6 Å². The van der Waals surface area contributed by atoms with Crippen molar-refractivity contribution in [3.05, 3.63) is 23.8 Å². The maximum Gasteiger partial charge on any atom is 0.184 e. The lowest BCUT2D eigenvalue weighted by Gasteiger charge is -2.26. The Morgan fingerprint density at radius 1 is 1.48 bits per heavy atom. The van der Waals surface area contributed by atoms with E-state index in [9.17, 15) is 0 Å². The lowest BCUT2D eigenvalue weighted by Crippen LogP contribution is -2.38. The summed E-state index contributed by atoms with van der Waals surface area (Å²) >= 11 is 4.72. The largest absolute Gasteiger partial charge is 0.493 e. The summed E-state index contributed by atoms with van der Waals surface area (Å²) in [7, 11) is 1.61. The molecule has 0 spiro atoms. The zero-order valence-electron chi connectivity index (χ0n) is 13.2. The van der Waals surface area contributed by atoms with E-state index in [0.29, 0.717) is 18.1 Å². The standard InChI is InChI=1S/C15H22N4O3S/c1-20-13-4-2-3-12(11-17-18-15(16)23)14(13)22-10-7-19-5-8-21-9-6-19/h2-4,11H,5-10H2,1H3,(H3,16,18,23). The highest BCUT2D eigenvalue weighted by Gasteiger charge is 2.12. The normalized spacial score (nSPS) is 15.5. The molecule has 2 rings (SSSR count). The van der Waals surface area contributed by atoms with E-state index in [0.717, 1.165) is 38.4 Å². The van der Waals surface area contributed by atoms with Crippen molar-refractivity contribution in [3.63, 3.8) is 0 Å².